The van der Waals surface area contributed by atoms with Crippen LogP contribution in [0.5, 0.6) is 5.75 Å². The summed E-state index contributed by atoms with van der Waals surface area (Å²) in [6.07, 6.45) is 2.14. The molecule has 0 saturated heterocycles. The molecular weight excluding hydrogens is 312 g/mol. The molecule has 0 aromatic heterocycles. The second-order valence-electron chi connectivity index (χ2n) is 6.33. The van der Waals surface area contributed by atoms with Crippen LogP contribution in [-0.2, 0) is 0 Å². The Labute approximate surface area is 150 Å². The highest BCUT2D eigenvalue weighted by Gasteiger charge is 2.15. The lowest BCUT2D eigenvalue weighted by Crippen LogP contribution is -2.34. The second kappa shape index (κ2) is 9.84. The number of rotatable bonds is 9. The van der Waals surface area contributed by atoms with Gasteiger partial charge in [-0.15, -0.1) is 0 Å². The molecule has 0 heterocycles. The molecule has 0 spiro atoms. The smallest absolute Gasteiger partial charge is 0.251 e. The Morgan fingerprint density at radius 3 is 2.36 bits per heavy atom. The van der Waals surface area contributed by atoms with Gasteiger partial charge in [0.1, 0.15) is 5.75 Å². The van der Waals surface area contributed by atoms with Crippen LogP contribution in [0.25, 0.3) is 0 Å². The molecule has 0 aliphatic carbocycles. The van der Waals surface area contributed by atoms with Crippen LogP contribution in [0, 0.1) is 0 Å². The number of benzene rings is 2. The van der Waals surface area contributed by atoms with Crippen LogP contribution in [0.15, 0.2) is 54.6 Å². The normalized spacial score (nSPS) is 12.0. The first-order valence-corrected chi connectivity index (χ1v) is 8.84. The number of carbonyl (C=O) groups is 1. The van der Waals surface area contributed by atoms with Gasteiger partial charge in [-0.1, -0.05) is 43.7 Å². The Morgan fingerprint density at radius 2 is 1.76 bits per heavy atom. The maximum Gasteiger partial charge on any atom is 0.251 e. The van der Waals surface area contributed by atoms with E-state index in [9.17, 15) is 4.79 Å². The summed E-state index contributed by atoms with van der Waals surface area (Å²) in [6.45, 7) is 3.40. The van der Waals surface area contributed by atoms with E-state index in [4.69, 9.17) is 4.74 Å². The molecule has 0 radical (unpaired) electrons. The maximum atomic E-state index is 12.4. The van der Waals surface area contributed by atoms with Gasteiger partial charge in [-0.3, -0.25) is 4.79 Å². The van der Waals surface area contributed by atoms with Gasteiger partial charge in [0.15, 0.2) is 0 Å². The fraction of sp³-hybridized carbons (Fsp3) is 0.381. The third kappa shape index (κ3) is 5.91. The van der Waals surface area contributed by atoms with E-state index in [1.54, 1.807) is 0 Å². The average Bonchev–Trinajstić information content (AvgIpc) is 2.63. The van der Waals surface area contributed by atoms with E-state index < -0.39 is 0 Å². The summed E-state index contributed by atoms with van der Waals surface area (Å²) in [5, 5.41) is 3.03. The van der Waals surface area contributed by atoms with E-state index >= 15 is 0 Å². The second-order valence-corrected chi connectivity index (χ2v) is 6.33. The van der Waals surface area contributed by atoms with Crippen molar-refractivity contribution < 1.29 is 9.53 Å². The third-order valence-electron chi connectivity index (χ3n) is 4.15. The van der Waals surface area contributed by atoms with E-state index in [-0.39, 0.29) is 11.9 Å². The fourth-order valence-electron chi connectivity index (χ4n) is 2.60. The fourth-order valence-corrected chi connectivity index (χ4v) is 2.60. The zero-order chi connectivity index (χ0) is 18.1. The topological polar surface area (TPSA) is 41.6 Å². The van der Waals surface area contributed by atoms with Crippen molar-refractivity contribution in [3.05, 3.63) is 65.7 Å². The Hall–Kier alpha value is -2.33. The Kier molecular flexibility index (Phi) is 7.48. The monoisotopic (exact) mass is 340 g/mol. The number of ether oxygens (including phenoxy) is 1. The Balaban J connectivity index is 1.92. The third-order valence-corrected chi connectivity index (χ3v) is 4.15. The maximum absolute atomic E-state index is 12.4. The van der Waals surface area contributed by atoms with Crippen molar-refractivity contribution in [2.45, 2.75) is 25.8 Å². The lowest BCUT2D eigenvalue weighted by molar-refractivity contribution is 0.0942. The molecule has 4 heteroatoms. The highest BCUT2D eigenvalue weighted by atomic mass is 16.5. The van der Waals surface area contributed by atoms with Crippen LogP contribution in [0.2, 0.25) is 0 Å². The Bertz CT molecular complexity index is 639. The highest BCUT2D eigenvalue weighted by molar-refractivity contribution is 5.94. The van der Waals surface area contributed by atoms with Gasteiger partial charge in [0.2, 0.25) is 0 Å². The minimum atomic E-state index is -0.0668. The first kappa shape index (κ1) is 19.0. The predicted octanol–water partition coefficient (Wildman–Crippen LogP) is 3.90. The van der Waals surface area contributed by atoms with Crippen LogP contribution < -0.4 is 10.1 Å². The number of likely N-dealkylation sites (N-methyl/N-ethyl adjacent to an activating group) is 1. The molecule has 0 aliphatic heterocycles. The van der Waals surface area contributed by atoms with Crippen molar-refractivity contribution in [3.8, 4) is 5.75 Å². The number of carbonyl (C=O) groups excluding carboxylic acids is 1. The molecule has 25 heavy (non-hydrogen) atoms. The van der Waals surface area contributed by atoms with E-state index in [0.717, 1.165) is 18.6 Å². The van der Waals surface area contributed by atoms with Gasteiger partial charge in [0.05, 0.1) is 12.6 Å². The molecule has 0 bridgehead atoms. The lowest BCUT2D eigenvalue weighted by Gasteiger charge is -2.25. The lowest BCUT2D eigenvalue weighted by atomic mass is 10.1. The molecule has 0 fully saturated rings. The zero-order valence-electron chi connectivity index (χ0n) is 15.4. The van der Waals surface area contributed by atoms with Gasteiger partial charge in [-0.25, -0.2) is 0 Å². The number of amides is 1. The molecule has 0 unspecified atom stereocenters. The summed E-state index contributed by atoms with van der Waals surface area (Å²) >= 11 is 0. The van der Waals surface area contributed by atoms with Gasteiger partial charge >= 0.3 is 0 Å². The van der Waals surface area contributed by atoms with Crippen LogP contribution in [-0.4, -0.2) is 38.1 Å². The number of hydrogen-bond acceptors (Lipinski definition) is 3. The van der Waals surface area contributed by atoms with Gasteiger partial charge in [0.25, 0.3) is 5.91 Å². The van der Waals surface area contributed by atoms with E-state index in [1.165, 1.54) is 5.56 Å². The largest absolute Gasteiger partial charge is 0.494 e. The molecule has 4 nitrogen and oxygen atoms in total. The van der Waals surface area contributed by atoms with Crippen molar-refractivity contribution in [1.82, 2.24) is 10.2 Å². The zero-order valence-corrected chi connectivity index (χ0v) is 15.4. The molecular formula is C21H28N2O2. The van der Waals surface area contributed by atoms with Gasteiger partial charge in [-0.05, 0) is 50.3 Å². The van der Waals surface area contributed by atoms with Crippen LogP contribution in [0.4, 0.5) is 0 Å². The van der Waals surface area contributed by atoms with Crippen LogP contribution in [0.1, 0.15) is 41.7 Å². The standard InChI is InChI=1S/C21H28N2O2/c1-4-5-15-25-19-13-11-18(12-14-19)21(24)22-16-20(23(2)3)17-9-7-6-8-10-17/h6-14,20H,4-5,15-16H2,1-3H3,(H,22,24)/t20-/m0/s1. The Morgan fingerprint density at radius 1 is 1.08 bits per heavy atom. The predicted molar refractivity (Wildman–Crippen MR) is 102 cm³/mol. The number of unbranched alkanes of at least 4 members (excludes halogenated alkanes) is 1. The number of nitrogens with one attached hydrogen (secondary N) is 1. The van der Waals surface area contributed by atoms with Crippen molar-refractivity contribution in [3.63, 3.8) is 0 Å². The molecule has 2 aromatic rings. The summed E-state index contributed by atoms with van der Waals surface area (Å²) in [4.78, 5) is 14.5. The van der Waals surface area contributed by atoms with Crippen molar-refractivity contribution >= 4 is 5.91 Å². The highest BCUT2D eigenvalue weighted by Crippen LogP contribution is 2.17. The minimum Gasteiger partial charge on any atom is -0.494 e. The summed E-state index contributed by atoms with van der Waals surface area (Å²) in [5.74, 6) is 0.739. The van der Waals surface area contributed by atoms with Gasteiger partial charge in [0, 0.05) is 12.1 Å². The van der Waals surface area contributed by atoms with Crippen molar-refractivity contribution in [1.29, 1.82) is 0 Å². The number of hydrogen-bond donors (Lipinski definition) is 1. The molecule has 134 valence electrons. The molecule has 1 atom stereocenters. The summed E-state index contributed by atoms with van der Waals surface area (Å²) in [6, 6.07) is 17.7. The molecule has 2 rings (SSSR count). The van der Waals surface area contributed by atoms with E-state index in [1.807, 2.05) is 56.6 Å². The average molecular weight is 340 g/mol. The molecule has 0 aliphatic rings. The van der Waals surface area contributed by atoms with Crippen LogP contribution >= 0.6 is 0 Å². The van der Waals surface area contributed by atoms with Gasteiger partial charge in [-0.2, -0.15) is 0 Å². The summed E-state index contributed by atoms with van der Waals surface area (Å²) in [5.41, 5.74) is 1.83. The first-order valence-electron chi connectivity index (χ1n) is 8.84. The van der Waals surface area contributed by atoms with Crippen LogP contribution in [0.3, 0.4) is 0 Å². The molecule has 0 saturated carbocycles. The van der Waals surface area contributed by atoms with E-state index in [2.05, 4.69) is 29.3 Å². The van der Waals surface area contributed by atoms with E-state index in [0.29, 0.717) is 18.7 Å². The number of nitrogens with zero attached hydrogens (tertiary/aromatic N) is 1. The molecule has 1 N–H and O–H groups in total. The van der Waals surface area contributed by atoms with Gasteiger partial charge < -0.3 is 15.0 Å². The quantitative estimate of drug-likeness (QED) is 0.704. The summed E-state index contributed by atoms with van der Waals surface area (Å²) < 4.78 is 5.63. The minimum absolute atomic E-state index is 0.0668. The molecule has 2 aromatic carbocycles. The SMILES string of the molecule is CCCCOc1ccc(C(=O)NC[C@@H](c2ccccc2)N(C)C)cc1. The summed E-state index contributed by atoms with van der Waals surface area (Å²) in [7, 11) is 4.04. The molecule has 1 amide bonds. The van der Waals surface area contributed by atoms with Crippen molar-refractivity contribution in [2.24, 2.45) is 0 Å². The van der Waals surface area contributed by atoms with Crippen molar-refractivity contribution in [2.75, 3.05) is 27.2 Å². The first-order chi connectivity index (χ1) is 12.1.